The molecule has 0 N–H and O–H groups in total. The molecule has 286 valence electrons. The van der Waals surface area contributed by atoms with E-state index < -0.39 is 48.7 Å². The number of esters is 1. The quantitative estimate of drug-likeness (QED) is 0.0576. The maximum atomic E-state index is 15.0. The van der Waals surface area contributed by atoms with Crippen LogP contribution in [-0.2, 0) is 22.4 Å². The second-order valence-electron chi connectivity index (χ2n) is 12.6. The summed E-state index contributed by atoms with van der Waals surface area (Å²) in [5.74, 6) is -2.78. The van der Waals surface area contributed by atoms with Crippen LogP contribution in [-0.4, -0.2) is 55.9 Å². The van der Waals surface area contributed by atoms with Crippen LogP contribution >= 0.6 is 23.2 Å². The molecule has 0 spiro atoms. The van der Waals surface area contributed by atoms with Crippen LogP contribution in [0, 0.1) is 16.9 Å². The Kier molecular flexibility index (Phi) is 12.3. The van der Waals surface area contributed by atoms with Crippen LogP contribution in [0.4, 0.5) is 32.4 Å². The zero-order valence-corrected chi connectivity index (χ0v) is 29.7. The van der Waals surface area contributed by atoms with Gasteiger partial charge in [-0.25, -0.2) is 14.0 Å². The van der Waals surface area contributed by atoms with Crippen molar-refractivity contribution in [2.75, 3.05) is 24.5 Å². The van der Waals surface area contributed by atoms with Gasteiger partial charge in [0, 0.05) is 18.5 Å². The number of amides is 1. The van der Waals surface area contributed by atoms with Gasteiger partial charge in [0.2, 0.25) is 0 Å². The van der Waals surface area contributed by atoms with Crippen LogP contribution in [0.5, 0.6) is 11.5 Å². The molecule has 3 aliphatic rings. The number of aromatic nitrogens is 1. The number of pyridine rings is 1. The highest BCUT2D eigenvalue weighted by Crippen LogP contribution is 2.37. The number of hydrogen-bond acceptors (Lipinski definition) is 8. The number of ether oxygens (including phenoxy) is 4. The largest absolute Gasteiger partial charge is 0.619 e. The maximum absolute atomic E-state index is 15.0. The fraction of sp³-hybridized carbons (Fsp3) is 0.324. The molecule has 17 heteroatoms. The SMILES string of the molecule is O=C(OC(Cc1c(Cl)c[n+]([O-])cc1Cl)c1ccc(OC(F)F)c(OC(F)F)c1)c1ccc(CN(C(=O)O[C@H]2CN3CCC2CC3)c2ccccc2F)cc1. The Hall–Kier alpha value is -4.86. The van der Waals surface area contributed by atoms with Gasteiger partial charge in [-0.2, -0.15) is 22.3 Å². The lowest BCUT2D eigenvalue weighted by Crippen LogP contribution is -2.53. The molecule has 3 aliphatic heterocycles. The zero-order chi connectivity index (χ0) is 38.5. The molecule has 10 nitrogen and oxygen atoms in total. The minimum atomic E-state index is -3.41. The Morgan fingerprint density at radius 3 is 2.17 bits per heavy atom. The van der Waals surface area contributed by atoms with Gasteiger partial charge in [-0.15, -0.1) is 0 Å². The monoisotopic (exact) mass is 795 g/mol. The summed E-state index contributed by atoms with van der Waals surface area (Å²) in [6.45, 7) is -4.39. The van der Waals surface area contributed by atoms with Gasteiger partial charge < -0.3 is 24.2 Å². The summed E-state index contributed by atoms with van der Waals surface area (Å²) in [4.78, 5) is 30.5. The first-order valence-electron chi connectivity index (χ1n) is 16.7. The van der Waals surface area contributed by atoms with Gasteiger partial charge in [0.15, 0.2) is 23.9 Å². The number of anilines is 1. The highest BCUT2D eigenvalue weighted by atomic mass is 35.5. The number of benzene rings is 3. The van der Waals surface area contributed by atoms with E-state index in [1.54, 1.807) is 6.07 Å². The number of carbonyl (C=O) groups is 2. The van der Waals surface area contributed by atoms with Crippen molar-refractivity contribution >= 4 is 41.0 Å². The number of piperidine rings is 3. The van der Waals surface area contributed by atoms with Crippen molar-refractivity contribution in [2.45, 2.75) is 51.2 Å². The van der Waals surface area contributed by atoms with Crippen molar-refractivity contribution in [3.8, 4) is 11.5 Å². The molecule has 54 heavy (non-hydrogen) atoms. The molecule has 2 atom stereocenters. The molecule has 4 aromatic rings. The molecule has 0 radical (unpaired) electrons. The molecule has 1 amide bonds. The number of fused-ring (bicyclic) bond motifs is 3. The molecule has 3 fully saturated rings. The van der Waals surface area contributed by atoms with Crippen molar-refractivity contribution in [3.05, 3.63) is 122 Å². The maximum Gasteiger partial charge on any atom is 0.415 e. The van der Waals surface area contributed by atoms with Crippen LogP contribution in [0.15, 0.2) is 79.1 Å². The summed E-state index contributed by atoms with van der Waals surface area (Å²) in [7, 11) is 0. The van der Waals surface area contributed by atoms with Crippen molar-refractivity contribution in [3.63, 3.8) is 0 Å². The molecule has 1 aromatic heterocycles. The van der Waals surface area contributed by atoms with Crippen molar-refractivity contribution in [1.82, 2.24) is 4.90 Å². The van der Waals surface area contributed by atoms with Crippen LogP contribution < -0.4 is 19.1 Å². The fourth-order valence-corrected chi connectivity index (χ4v) is 7.13. The molecule has 1 unspecified atom stereocenters. The number of alkyl halides is 4. The molecule has 3 saturated heterocycles. The van der Waals surface area contributed by atoms with Crippen molar-refractivity contribution in [2.24, 2.45) is 5.92 Å². The van der Waals surface area contributed by atoms with E-state index in [4.69, 9.17) is 32.7 Å². The van der Waals surface area contributed by atoms with Gasteiger partial charge in [0.25, 0.3) is 0 Å². The van der Waals surface area contributed by atoms with Crippen LogP contribution in [0.3, 0.4) is 0 Å². The number of nitrogens with zero attached hydrogens (tertiary/aromatic N) is 3. The van der Waals surface area contributed by atoms with E-state index in [9.17, 15) is 32.4 Å². The predicted octanol–water partition coefficient (Wildman–Crippen LogP) is 8.35. The van der Waals surface area contributed by atoms with Crippen molar-refractivity contribution < 1.29 is 55.2 Å². The van der Waals surface area contributed by atoms with Gasteiger partial charge in [0.05, 0.1) is 17.8 Å². The van der Waals surface area contributed by atoms with Crippen LogP contribution in [0.2, 0.25) is 10.0 Å². The summed E-state index contributed by atoms with van der Waals surface area (Å²) < 4.78 is 88.3. The van der Waals surface area contributed by atoms with E-state index in [-0.39, 0.29) is 57.4 Å². The summed E-state index contributed by atoms with van der Waals surface area (Å²) in [6, 6.07) is 14.7. The third-order valence-corrected chi connectivity index (χ3v) is 9.86. The normalized spacial score (nSPS) is 18.4. The number of para-hydroxylation sites is 1. The molecule has 7 rings (SSSR count). The highest BCUT2D eigenvalue weighted by Gasteiger charge is 2.38. The van der Waals surface area contributed by atoms with Crippen LogP contribution in [0.1, 0.15) is 46.0 Å². The van der Waals surface area contributed by atoms with Gasteiger partial charge in [-0.05, 0) is 79.4 Å². The lowest BCUT2D eigenvalue weighted by Gasteiger charge is -2.44. The Bertz CT molecular complexity index is 1950. The molecule has 0 saturated carbocycles. The lowest BCUT2D eigenvalue weighted by molar-refractivity contribution is -0.605. The lowest BCUT2D eigenvalue weighted by atomic mass is 9.86. The Morgan fingerprint density at radius 2 is 1.56 bits per heavy atom. The zero-order valence-electron chi connectivity index (χ0n) is 28.2. The number of hydrogen-bond donors (Lipinski definition) is 0. The second-order valence-corrected chi connectivity index (χ2v) is 13.5. The van der Waals surface area contributed by atoms with Gasteiger partial charge in [0.1, 0.15) is 28.1 Å². The summed E-state index contributed by atoms with van der Waals surface area (Å²) in [5.41, 5.74) is 0.692. The second kappa shape index (κ2) is 17.1. The Labute approximate surface area is 316 Å². The highest BCUT2D eigenvalue weighted by molar-refractivity contribution is 6.35. The van der Waals surface area contributed by atoms with E-state index in [0.717, 1.165) is 50.5 Å². The standard InChI is InChI=1S/C37H32Cl2F5N3O7/c38-26-18-46(50)19-27(39)25(26)16-31(24-9-10-30(52-35(41)42)32(15-24)53-36(43)44)51-34(48)23-7-5-21(6-8-23)17-47(29-4-2-1-3-28(29)40)37(49)54-33-20-45-13-11-22(33)12-14-45/h1-10,15,18-19,22,31,33,35-36H,11-14,16-17,20H2/t31?,33-/m0/s1. The van der Waals surface area contributed by atoms with Gasteiger partial charge in [-0.3, -0.25) is 9.80 Å². The van der Waals surface area contributed by atoms with Gasteiger partial charge >= 0.3 is 25.3 Å². The Morgan fingerprint density at radius 1 is 0.907 bits per heavy atom. The fourth-order valence-electron chi connectivity index (χ4n) is 6.53. The molecule has 4 heterocycles. The van der Waals surface area contributed by atoms with E-state index in [2.05, 4.69) is 14.4 Å². The van der Waals surface area contributed by atoms with Crippen LogP contribution in [0.25, 0.3) is 0 Å². The summed E-state index contributed by atoms with van der Waals surface area (Å²) in [6.07, 6.45) is 1.15. The topological polar surface area (TPSA) is 104 Å². The average molecular weight is 797 g/mol. The third-order valence-electron chi connectivity index (χ3n) is 9.21. The van der Waals surface area contributed by atoms with Crippen molar-refractivity contribution in [1.29, 1.82) is 0 Å². The predicted molar refractivity (Wildman–Crippen MR) is 185 cm³/mol. The Balaban J connectivity index is 1.24. The van der Waals surface area contributed by atoms with E-state index in [1.165, 1.54) is 53.4 Å². The number of rotatable bonds is 13. The minimum absolute atomic E-state index is 0.00486. The molecular weight excluding hydrogens is 764 g/mol. The van der Waals surface area contributed by atoms with E-state index >= 15 is 4.39 Å². The third kappa shape index (κ3) is 9.43. The molecule has 2 bridgehead atoms. The van der Waals surface area contributed by atoms with Gasteiger partial charge in [-0.1, -0.05) is 53.5 Å². The average Bonchev–Trinajstić information content (AvgIpc) is 3.13. The van der Waals surface area contributed by atoms with E-state index in [0.29, 0.717) is 16.8 Å². The number of carbonyl (C=O) groups excluding carboxylic acids is 2. The summed E-state index contributed by atoms with van der Waals surface area (Å²) >= 11 is 12.5. The smallest absolute Gasteiger partial charge is 0.415 e. The molecular formula is C37H32Cl2F5N3O7. The first-order valence-corrected chi connectivity index (χ1v) is 17.5. The number of halogens is 7. The first-order chi connectivity index (χ1) is 25.8. The molecule has 3 aromatic carbocycles. The first kappa shape index (κ1) is 38.9. The van der Waals surface area contributed by atoms with E-state index in [1.807, 2.05) is 0 Å². The summed E-state index contributed by atoms with van der Waals surface area (Å²) in [5, 5.41) is 11.6. The molecule has 0 aliphatic carbocycles. The minimum Gasteiger partial charge on any atom is -0.619 e.